The number of nitrogens with zero attached hydrogens (tertiary/aromatic N) is 1. The van der Waals surface area contributed by atoms with Crippen molar-refractivity contribution in [2.45, 2.75) is 31.8 Å². The van der Waals surface area contributed by atoms with Gasteiger partial charge in [-0.25, -0.2) is 4.39 Å². The molecule has 1 heterocycles. The predicted octanol–water partition coefficient (Wildman–Crippen LogP) is 1.29. The zero-order chi connectivity index (χ0) is 14.0. The highest BCUT2D eigenvalue weighted by Gasteiger charge is 2.38. The fourth-order valence-corrected chi connectivity index (χ4v) is 2.44. The van der Waals surface area contributed by atoms with E-state index in [9.17, 15) is 14.3 Å². The standard InChI is InChI=1S/C14H19FN2O2/c1-14(2)6-7-16-12(9-18)13(19)17(14)11-5-3-4-10(15)8-11/h3-5,8,12,16,18H,6-7,9H2,1-2H3. The number of benzene rings is 1. The molecule has 0 aliphatic carbocycles. The second kappa shape index (κ2) is 5.27. The van der Waals surface area contributed by atoms with Crippen LogP contribution < -0.4 is 10.2 Å². The summed E-state index contributed by atoms with van der Waals surface area (Å²) in [4.78, 5) is 14.1. The summed E-state index contributed by atoms with van der Waals surface area (Å²) in [6, 6.07) is 5.35. The van der Waals surface area contributed by atoms with E-state index in [2.05, 4.69) is 5.32 Å². The summed E-state index contributed by atoms with van der Waals surface area (Å²) in [5, 5.41) is 12.3. The minimum Gasteiger partial charge on any atom is -0.394 e. The van der Waals surface area contributed by atoms with E-state index in [1.54, 1.807) is 17.0 Å². The smallest absolute Gasteiger partial charge is 0.246 e. The van der Waals surface area contributed by atoms with E-state index in [1.807, 2.05) is 13.8 Å². The number of carbonyl (C=O) groups is 1. The lowest BCUT2D eigenvalue weighted by molar-refractivity contribution is -0.121. The normalized spacial score (nSPS) is 23.3. The number of hydrogen-bond acceptors (Lipinski definition) is 3. The van der Waals surface area contributed by atoms with Crippen molar-refractivity contribution in [1.82, 2.24) is 5.32 Å². The number of halogens is 1. The van der Waals surface area contributed by atoms with Gasteiger partial charge in [-0.3, -0.25) is 4.79 Å². The lowest BCUT2D eigenvalue weighted by atomic mass is 9.97. The molecule has 0 saturated carbocycles. The van der Waals surface area contributed by atoms with Crippen molar-refractivity contribution in [3.05, 3.63) is 30.1 Å². The highest BCUT2D eigenvalue weighted by Crippen LogP contribution is 2.29. The third kappa shape index (κ3) is 2.77. The molecule has 4 nitrogen and oxygen atoms in total. The average molecular weight is 266 g/mol. The van der Waals surface area contributed by atoms with E-state index in [0.717, 1.165) is 6.42 Å². The van der Waals surface area contributed by atoms with Gasteiger partial charge in [0, 0.05) is 11.2 Å². The maximum Gasteiger partial charge on any atom is 0.246 e. The van der Waals surface area contributed by atoms with Gasteiger partial charge in [-0.05, 0) is 45.0 Å². The number of aliphatic hydroxyl groups is 1. The van der Waals surface area contributed by atoms with E-state index in [-0.39, 0.29) is 18.3 Å². The Morgan fingerprint density at radius 2 is 2.26 bits per heavy atom. The van der Waals surface area contributed by atoms with E-state index >= 15 is 0 Å². The fourth-order valence-electron chi connectivity index (χ4n) is 2.44. The molecule has 1 atom stereocenters. The van der Waals surface area contributed by atoms with Gasteiger partial charge in [0.25, 0.3) is 0 Å². The molecule has 1 aromatic carbocycles. The summed E-state index contributed by atoms with van der Waals surface area (Å²) in [7, 11) is 0. The number of carbonyl (C=O) groups excluding carboxylic acids is 1. The van der Waals surface area contributed by atoms with Gasteiger partial charge in [0.2, 0.25) is 5.91 Å². The molecule has 1 aromatic rings. The molecule has 1 unspecified atom stereocenters. The third-order valence-electron chi connectivity index (χ3n) is 3.50. The minimum atomic E-state index is -0.634. The molecule has 104 valence electrons. The maximum atomic E-state index is 13.4. The molecule has 0 spiro atoms. The lowest BCUT2D eigenvalue weighted by Crippen LogP contribution is -2.52. The number of hydrogen-bond donors (Lipinski definition) is 2. The molecular weight excluding hydrogens is 247 g/mol. The van der Waals surface area contributed by atoms with E-state index in [4.69, 9.17) is 0 Å². The number of anilines is 1. The molecule has 1 aliphatic rings. The van der Waals surface area contributed by atoms with Gasteiger partial charge in [0.05, 0.1) is 6.61 Å². The van der Waals surface area contributed by atoms with Crippen LogP contribution in [-0.4, -0.2) is 35.7 Å². The maximum absolute atomic E-state index is 13.4. The van der Waals surface area contributed by atoms with E-state index in [0.29, 0.717) is 12.2 Å². The fraction of sp³-hybridized carbons (Fsp3) is 0.500. The van der Waals surface area contributed by atoms with E-state index < -0.39 is 11.6 Å². The molecule has 19 heavy (non-hydrogen) atoms. The second-order valence-electron chi connectivity index (χ2n) is 5.41. The zero-order valence-corrected chi connectivity index (χ0v) is 11.2. The first-order valence-corrected chi connectivity index (χ1v) is 6.39. The first-order valence-electron chi connectivity index (χ1n) is 6.39. The van der Waals surface area contributed by atoms with Crippen molar-refractivity contribution in [2.24, 2.45) is 0 Å². The average Bonchev–Trinajstić information content (AvgIpc) is 2.44. The third-order valence-corrected chi connectivity index (χ3v) is 3.50. The van der Waals surface area contributed by atoms with Gasteiger partial charge in [0.1, 0.15) is 11.9 Å². The van der Waals surface area contributed by atoms with Gasteiger partial charge in [-0.15, -0.1) is 0 Å². The van der Waals surface area contributed by atoms with Crippen LogP contribution in [0.15, 0.2) is 24.3 Å². The Morgan fingerprint density at radius 3 is 2.89 bits per heavy atom. The topological polar surface area (TPSA) is 52.6 Å². The summed E-state index contributed by atoms with van der Waals surface area (Å²) in [5.74, 6) is -0.602. The van der Waals surface area contributed by atoms with Crippen molar-refractivity contribution in [1.29, 1.82) is 0 Å². The van der Waals surface area contributed by atoms with Crippen LogP contribution in [-0.2, 0) is 4.79 Å². The number of nitrogens with one attached hydrogen (secondary N) is 1. The predicted molar refractivity (Wildman–Crippen MR) is 71.5 cm³/mol. The Hall–Kier alpha value is -1.46. The summed E-state index contributed by atoms with van der Waals surface area (Å²) in [5.41, 5.74) is 0.0964. The van der Waals surface area contributed by atoms with Gasteiger partial charge in [-0.1, -0.05) is 6.07 Å². The quantitative estimate of drug-likeness (QED) is 0.848. The first-order chi connectivity index (χ1) is 8.95. The molecule has 1 aliphatic heterocycles. The van der Waals surface area contributed by atoms with Gasteiger partial charge in [0.15, 0.2) is 0 Å². The number of rotatable bonds is 2. The highest BCUT2D eigenvalue weighted by atomic mass is 19.1. The van der Waals surface area contributed by atoms with E-state index in [1.165, 1.54) is 12.1 Å². The van der Waals surface area contributed by atoms with Crippen molar-refractivity contribution in [3.8, 4) is 0 Å². The van der Waals surface area contributed by atoms with Crippen molar-refractivity contribution in [2.75, 3.05) is 18.1 Å². The lowest BCUT2D eigenvalue weighted by Gasteiger charge is -2.37. The minimum absolute atomic E-state index is 0.226. The van der Waals surface area contributed by atoms with Crippen LogP contribution in [0.2, 0.25) is 0 Å². The molecule has 5 heteroatoms. The largest absolute Gasteiger partial charge is 0.394 e. The molecule has 2 N–H and O–H groups in total. The number of amides is 1. The molecule has 1 fully saturated rings. The number of aliphatic hydroxyl groups excluding tert-OH is 1. The highest BCUT2D eigenvalue weighted by molar-refractivity contribution is 5.98. The SMILES string of the molecule is CC1(C)CCNC(CO)C(=O)N1c1cccc(F)c1. The van der Waals surface area contributed by atoms with Crippen LogP contribution in [0, 0.1) is 5.82 Å². The Labute approximate surface area is 112 Å². The molecular formula is C14H19FN2O2. The Morgan fingerprint density at radius 1 is 1.53 bits per heavy atom. The van der Waals surface area contributed by atoms with Crippen LogP contribution >= 0.6 is 0 Å². The van der Waals surface area contributed by atoms with Crippen LogP contribution in [0.3, 0.4) is 0 Å². The van der Waals surface area contributed by atoms with Crippen LogP contribution in [0.25, 0.3) is 0 Å². The van der Waals surface area contributed by atoms with Gasteiger partial charge < -0.3 is 15.3 Å². The molecule has 0 aromatic heterocycles. The monoisotopic (exact) mass is 266 g/mol. The molecule has 1 amide bonds. The van der Waals surface area contributed by atoms with Crippen molar-refractivity contribution >= 4 is 11.6 Å². The Balaban J connectivity index is 2.44. The summed E-state index contributed by atoms with van der Waals surface area (Å²) >= 11 is 0. The molecule has 1 saturated heterocycles. The van der Waals surface area contributed by atoms with Crippen molar-refractivity contribution in [3.63, 3.8) is 0 Å². The van der Waals surface area contributed by atoms with Crippen LogP contribution in [0.4, 0.5) is 10.1 Å². The van der Waals surface area contributed by atoms with Crippen LogP contribution in [0.1, 0.15) is 20.3 Å². The summed E-state index contributed by atoms with van der Waals surface area (Å²) in [6.07, 6.45) is 0.728. The summed E-state index contributed by atoms with van der Waals surface area (Å²) in [6.45, 7) is 4.25. The first kappa shape index (κ1) is 14.0. The van der Waals surface area contributed by atoms with Crippen molar-refractivity contribution < 1.29 is 14.3 Å². The van der Waals surface area contributed by atoms with Gasteiger partial charge in [-0.2, -0.15) is 0 Å². The second-order valence-corrected chi connectivity index (χ2v) is 5.41. The Bertz CT molecular complexity index is 476. The molecule has 2 rings (SSSR count). The molecule has 0 bridgehead atoms. The zero-order valence-electron chi connectivity index (χ0n) is 11.2. The molecule has 0 radical (unpaired) electrons. The summed E-state index contributed by atoms with van der Waals surface area (Å²) < 4.78 is 13.4. The Kier molecular flexibility index (Phi) is 3.87. The van der Waals surface area contributed by atoms with Gasteiger partial charge >= 0.3 is 0 Å². The van der Waals surface area contributed by atoms with Crippen LogP contribution in [0.5, 0.6) is 0 Å².